The number of halogens is 3. The van der Waals surface area contributed by atoms with Crippen molar-refractivity contribution in [3.8, 4) is 0 Å². The number of carbonyl (C=O) groups excluding carboxylic acids is 1. The molecule has 3 nitrogen and oxygen atoms in total. The molecule has 2 aromatic carbocycles. The highest BCUT2D eigenvalue weighted by Gasteiger charge is 2.27. The molecule has 0 saturated carbocycles. The minimum absolute atomic E-state index is 0.210. The van der Waals surface area contributed by atoms with Crippen molar-refractivity contribution in [3.63, 3.8) is 0 Å². The number of amides is 1. The van der Waals surface area contributed by atoms with Crippen LogP contribution in [0, 0.1) is 18.6 Å². The average Bonchev–Trinajstić information content (AvgIpc) is 3.11. The summed E-state index contributed by atoms with van der Waals surface area (Å²) in [5.41, 5.74) is 3.47. The van der Waals surface area contributed by atoms with E-state index in [4.69, 9.17) is 11.6 Å². The molecule has 0 saturated heterocycles. The Morgan fingerprint density at radius 3 is 2.33 bits per heavy atom. The molecule has 122 valence electrons. The van der Waals surface area contributed by atoms with E-state index in [1.54, 1.807) is 17.0 Å². The smallest absolute Gasteiger partial charge is 0.270 e. The van der Waals surface area contributed by atoms with Crippen LogP contribution in [-0.2, 0) is 13.1 Å². The van der Waals surface area contributed by atoms with Crippen molar-refractivity contribution in [2.75, 3.05) is 0 Å². The lowest BCUT2D eigenvalue weighted by Gasteiger charge is -2.13. The molecule has 0 fully saturated rings. The first kappa shape index (κ1) is 15.1. The second kappa shape index (κ2) is 5.31. The van der Waals surface area contributed by atoms with Crippen LogP contribution in [0.25, 0.3) is 10.9 Å². The standard InChI is InChI=1S/C18H13ClF2N2O/c1-9-2-12(19)5-16-13(9)6-17(22-16)18(24)23-7-10-3-14(20)15(21)4-11(10)8-23/h2-6,22H,7-8H2,1H3. The maximum atomic E-state index is 13.3. The lowest BCUT2D eigenvalue weighted by Crippen LogP contribution is -2.25. The van der Waals surface area contributed by atoms with E-state index in [0.29, 0.717) is 21.8 Å². The molecule has 2 heterocycles. The largest absolute Gasteiger partial charge is 0.350 e. The van der Waals surface area contributed by atoms with Crippen molar-refractivity contribution in [3.05, 3.63) is 69.4 Å². The van der Waals surface area contributed by atoms with Crippen LogP contribution < -0.4 is 0 Å². The van der Waals surface area contributed by atoms with Crippen molar-refractivity contribution in [1.29, 1.82) is 0 Å². The Hall–Kier alpha value is -2.40. The fourth-order valence-corrected chi connectivity index (χ4v) is 3.47. The molecule has 24 heavy (non-hydrogen) atoms. The van der Waals surface area contributed by atoms with Gasteiger partial charge < -0.3 is 9.88 Å². The van der Waals surface area contributed by atoms with Gasteiger partial charge in [-0.3, -0.25) is 4.79 Å². The molecule has 4 rings (SSSR count). The summed E-state index contributed by atoms with van der Waals surface area (Å²) in [5.74, 6) is -1.99. The number of H-pyrrole nitrogens is 1. The molecule has 1 aromatic heterocycles. The third-order valence-corrected chi connectivity index (χ3v) is 4.61. The van der Waals surface area contributed by atoms with E-state index in [1.807, 2.05) is 13.0 Å². The zero-order chi connectivity index (χ0) is 17.0. The molecule has 1 aliphatic heterocycles. The summed E-state index contributed by atoms with van der Waals surface area (Å²) >= 11 is 6.04. The normalized spacial score (nSPS) is 13.6. The van der Waals surface area contributed by atoms with Gasteiger partial charge in [-0.15, -0.1) is 0 Å². The molecule has 0 bridgehead atoms. The summed E-state index contributed by atoms with van der Waals surface area (Å²) in [6, 6.07) is 7.71. The van der Waals surface area contributed by atoms with Crippen LogP contribution in [0.2, 0.25) is 5.02 Å². The van der Waals surface area contributed by atoms with Crippen LogP contribution in [-0.4, -0.2) is 15.8 Å². The van der Waals surface area contributed by atoms with Gasteiger partial charge in [-0.05, 0) is 53.9 Å². The van der Waals surface area contributed by atoms with Crippen LogP contribution >= 0.6 is 11.6 Å². The topological polar surface area (TPSA) is 36.1 Å². The minimum Gasteiger partial charge on any atom is -0.350 e. The number of aromatic amines is 1. The summed E-state index contributed by atoms with van der Waals surface area (Å²) < 4.78 is 26.7. The molecule has 0 spiro atoms. The summed E-state index contributed by atoms with van der Waals surface area (Å²) in [4.78, 5) is 17.4. The third-order valence-electron chi connectivity index (χ3n) is 4.39. The van der Waals surface area contributed by atoms with Crippen LogP contribution in [0.1, 0.15) is 27.2 Å². The molecule has 1 N–H and O–H groups in total. The first-order valence-electron chi connectivity index (χ1n) is 7.47. The van der Waals surface area contributed by atoms with Crippen LogP contribution in [0.15, 0.2) is 30.3 Å². The quantitative estimate of drug-likeness (QED) is 0.688. The number of aryl methyl sites for hydroxylation is 1. The van der Waals surface area contributed by atoms with Gasteiger partial charge in [0, 0.05) is 29.0 Å². The van der Waals surface area contributed by atoms with E-state index in [9.17, 15) is 13.6 Å². The maximum Gasteiger partial charge on any atom is 0.270 e. The number of hydrogen-bond acceptors (Lipinski definition) is 1. The van der Waals surface area contributed by atoms with Gasteiger partial charge >= 0.3 is 0 Å². The van der Waals surface area contributed by atoms with Crippen LogP contribution in [0.5, 0.6) is 0 Å². The van der Waals surface area contributed by atoms with Crippen molar-refractivity contribution in [2.24, 2.45) is 0 Å². The van der Waals surface area contributed by atoms with Crippen molar-refractivity contribution in [2.45, 2.75) is 20.0 Å². The number of fused-ring (bicyclic) bond motifs is 2. The van der Waals surface area contributed by atoms with Gasteiger partial charge in [-0.25, -0.2) is 8.78 Å². The van der Waals surface area contributed by atoms with Crippen molar-refractivity contribution in [1.82, 2.24) is 9.88 Å². The second-order valence-electron chi connectivity index (χ2n) is 6.06. The van der Waals surface area contributed by atoms with E-state index in [0.717, 1.165) is 28.6 Å². The lowest BCUT2D eigenvalue weighted by molar-refractivity contribution is 0.0746. The van der Waals surface area contributed by atoms with Gasteiger partial charge in [0.15, 0.2) is 11.6 Å². The van der Waals surface area contributed by atoms with E-state index >= 15 is 0 Å². The SMILES string of the molecule is Cc1cc(Cl)cc2[nH]c(C(=O)N3Cc4cc(F)c(F)cc4C3)cc12. The molecule has 0 atom stereocenters. The highest BCUT2D eigenvalue weighted by atomic mass is 35.5. The molecular formula is C18H13ClF2N2O. The van der Waals surface area contributed by atoms with Crippen molar-refractivity contribution < 1.29 is 13.6 Å². The Morgan fingerprint density at radius 2 is 1.71 bits per heavy atom. The molecule has 1 aliphatic rings. The highest BCUT2D eigenvalue weighted by molar-refractivity contribution is 6.31. The van der Waals surface area contributed by atoms with Crippen LogP contribution in [0.3, 0.4) is 0 Å². The second-order valence-corrected chi connectivity index (χ2v) is 6.50. The van der Waals surface area contributed by atoms with Crippen molar-refractivity contribution >= 4 is 28.4 Å². The number of carbonyl (C=O) groups is 1. The summed E-state index contributed by atoms with van der Waals surface area (Å²) in [7, 11) is 0. The Bertz CT molecular complexity index is 965. The molecule has 0 aliphatic carbocycles. The number of nitrogens with one attached hydrogen (secondary N) is 1. The Balaban J connectivity index is 1.67. The number of hydrogen-bond donors (Lipinski definition) is 1. The fraction of sp³-hybridized carbons (Fsp3) is 0.167. The zero-order valence-electron chi connectivity index (χ0n) is 12.8. The summed E-state index contributed by atoms with van der Waals surface area (Å²) in [6.45, 7) is 2.45. The van der Waals surface area contributed by atoms with Gasteiger partial charge in [0.1, 0.15) is 5.69 Å². The van der Waals surface area contributed by atoms with Crippen LogP contribution in [0.4, 0.5) is 8.78 Å². The summed E-state index contributed by atoms with van der Waals surface area (Å²) in [5, 5.41) is 1.52. The highest BCUT2D eigenvalue weighted by Crippen LogP contribution is 2.29. The molecule has 6 heteroatoms. The van der Waals surface area contributed by atoms with Gasteiger partial charge in [-0.2, -0.15) is 0 Å². The molecule has 0 unspecified atom stereocenters. The van der Waals surface area contributed by atoms with Gasteiger partial charge in [0.25, 0.3) is 5.91 Å². The third kappa shape index (κ3) is 2.36. The lowest BCUT2D eigenvalue weighted by atomic mass is 10.1. The van der Waals surface area contributed by atoms with Gasteiger partial charge in [-0.1, -0.05) is 11.6 Å². The van der Waals surface area contributed by atoms with Gasteiger partial charge in [0.05, 0.1) is 0 Å². The Labute approximate surface area is 141 Å². The maximum absolute atomic E-state index is 13.3. The molecule has 3 aromatic rings. The first-order valence-corrected chi connectivity index (χ1v) is 7.85. The number of benzene rings is 2. The predicted molar refractivity (Wildman–Crippen MR) is 88.0 cm³/mol. The number of nitrogens with zero attached hydrogens (tertiary/aromatic N) is 1. The molecular weight excluding hydrogens is 334 g/mol. The monoisotopic (exact) mass is 346 g/mol. The van der Waals surface area contributed by atoms with E-state index in [2.05, 4.69) is 4.98 Å². The average molecular weight is 347 g/mol. The number of rotatable bonds is 1. The van der Waals surface area contributed by atoms with Gasteiger partial charge in [0.2, 0.25) is 0 Å². The number of aromatic nitrogens is 1. The Kier molecular flexibility index (Phi) is 3.35. The molecule has 1 amide bonds. The fourth-order valence-electron chi connectivity index (χ4n) is 3.19. The Morgan fingerprint density at radius 1 is 1.08 bits per heavy atom. The summed E-state index contributed by atoms with van der Waals surface area (Å²) in [6.07, 6.45) is 0. The first-order chi connectivity index (χ1) is 11.4. The predicted octanol–water partition coefficient (Wildman–Crippen LogP) is 4.56. The van der Waals surface area contributed by atoms with E-state index < -0.39 is 11.6 Å². The van der Waals surface area contributed by atoms with E-state index in [1.165, 1.54) is 0 Å². The zero-order valence-corrected chi connectivity index (χ0v) is 13.5. The van der Waals surface area contributed by atoms with E-state index in [-0.39, 0.29) is 19.0 Å². The minimum atomic E-state index is -0.890. The molecule has 0 radical (unpaired) electrons.